The lowest BCUT2D eigenvalue weighted by Gasteiger charge is -2.27. The fourth-order valence-corrected chi connectivity index (χ4v) is 4.49. The Morgan fingerprint density at radius 2 is 2.06 bits per heavy atom. The lowest BCUT2D eigenvalue weighted by molar-refractivity contribution is -0.127. The van der Waals surface area contributed by atoms with Gasteiger partial charge in [-0.1, -0.05) is 13.8 Å². The highest BCUT2D eigenvalue weighted by atomic mass is 16.5. The van der Waals surface area contributed by atoms with Crippen molar-refractivity contribution >= 4 is 11.9 Å². The molecule has 1 aromatic heterocycles. The van der Waals surface area contributed by atoms with Crippen LogP contribution in [0.3, 0.4) is 0 Å². The third-order valence-corrected chi connectivity index (χ3v) is 6.64. The van der Waals surface area contributed by atoms with E-state index in [4.69, 9.17) is 9.47 Å². The van der Waals surface area contributed by atoms with E-state index in [2.05, 4.69) is 31.7 Å². The molecule has 0 spiro atoms. The topological polar surface area (TPSA) is 122 Å². The van der Waals surface area contributed by atoms with Gasteiger partial charge < -0.3 is 20.1 Å². The summed E-state index contributed by atoms with van der Waals surface area (Å²) in [5, 5.41) is 15.9. The molecule has 2 aromatic rings. The van der Waals surface area contributed by atoms with Crippen LogP contribution in [0.2, 0.25) is 0 Å². The summed E-state index contributed by atoms with van der Waals surface area (Å²) in [7, 11) is 0. The third-order valence-electron chi connectivity index (χ3n) is 6.64. The highest BCUT2D eigenvalue weighted by molar-refractivity contribution is 5.88. The first-order valence-electron chi connectivity index (χ1n) is 11.4. The van der Waals surface area contributed by atoms with Gasteiger partial charge in [0.1, 0.15) is 24.3 Å². The molecule has 0 radical (unpaired) electrons. The first-order chi connectivity index (χ1) is 16.4. The average Bonchev–Trinajstić information content (AvgIpc) is 3.08. The van der Waals surface area contributed by atoms with Crippen molar-refractivity contribution in [2.75, 3.05) is 18.5 Å². The number of benzene rings is 1. The van der Waals surface area contributed by atoms with Gasteiger partial charge in [-0.15, -0.1) is 0 Å². The molecule has 5 rings (SSSR count). The van der Waals surface area contributed by atoms with E-state index < -0.39 is 5.41 Å². The Morgan fingerprint density at radius 1 is 1.24 bits per heavy atom. The minimum atomic E-state index is -0.473. The number of rotatable bonds is 5. The number of ether oxygens (including phenoxy) is 2. The van der Waals surface area contributed by atoms with Crippen LogP contribution in [0.5, 0.6) is 5.75 Å². The summed E-state index contributed by atoms with van der Waals surface area (Å²) in [5.74, 6) is 1.54. The highest BCUT2D eigenvalue weighted by Crippen LogP contribution is 2.43. The molecule has 1 atom stereocenters. The van der Waals surface area contributed by atoms with Crippen molar-refractivity contribution in [3.05, 3.63) is 53.6 Å². The molecule has 3 aliphatic rings. The van der Waals surface area contributed by atoms with Crippen molar-refractivity contribution in [1.29, 1.82) is 5.26 Å². The van der Waals surface area contributed by atoms with Crippen molar-refractivity contribution in [3.8, 4) is 23.2 Å². The van der Waals surface area contributed by atoms with E-state index in [0.29, 0.717) is 48.3 Å². The molecule has 1 unspecified atom stereocenters. The largest absolute Gasteiger partial charge is 0.489 e. The number of nitrogens with zero attached hydrogens (tertiary/aromatic N) is 4. The fraction of sp³-hybridized carbons (Fsp3) is 0.400. The van der Waals surface area contributed by atoms with Crippen molar-refractivity contribution in [2.45, 2.75) is 39.2 Å². The maximum atomic E-state index is 12.3. The molecule has 1 amide bonds. The zero-order chi connectivity index (χ0) is 23.7. The number of carbonyl (C=O) groups is 1. The highest BCUT2D eigenvalue weighted by Gasteiger charge is 2.46. The quantitative estimate of drug-likeness (QED) is 0.700. The molecule has 0 bridgehead atoms. The molecule has 2 fully saturated rings. The van der Waals surface area contributed by atoms with Crippen LogP contribution in [0.1, 0.15) is 38.7 Å². The van der Waals surface area contributed by atoms with Crippen LogP contribution in [-0.2, 0) is 9.53 Å². The van der Waals surface area contributed by atoms with Crippen molar-refractivity contribution < 1.29 is 14.3 Å². The van der Waals surface area contributed by atoms with E-state index in [-0.39, 0.29) is 17.9 Å². The van der Waals surface area contributed by atoms with Crippen LogP contribution in [0.15, 0.2) is 48.1 Å². The van der Waals surface area contributed by atoms with Gasteiger partial charge in [-0.25, -0.2) is 9.97 Å². The Morgan fingerprint density at radius 3 is 2.85 bits per heavy atom. The van der Waals surface area contributed by atoms with E-state index in [1.165, 1.54) is 6.33 Å². The summed E-state index contributed by atoms with van der Waals surface area (Å²) in [6, 6.07) is 7.60. The molecule has 1 aromatic carbocycles. The average molecular weight is 459 g/mol. The number of fused-ring (bicyclic) bond motifs is 1. The van der Waals surface area contributed by atoms with Crippen LogP contribution in [0, 0.1) is 22.7 Å². The second-order valence-corrected chi connectivity index (χ2v) is 9.26. The van der Waals surface area contributed by atoms with Crippen molar-refractivity contribution in [1.82, 2.24) is 20.3 Å². The molecule has 2 N–H and O–H groups in total. The summed E-state index contributed by atoms with van der Waals surface area (Å²) in [5.41, 5.74) is 2.54. The number of hydrogen-bond acceptors (Lipinski definition) is 8. The summed E-state index contributed by atoms with van der Waals surface area (Å²) in [6.07, 6.45) is 7.66. The fourth-order valence-electron chi connectivity index (χ4n) is 4.49. The molecular formula is C25H26N6O3. The number of carbonyl (C=O) groups excluding carboxylic acids is 1. The van der Waals surface area contributed by atoms with Crippen LogP contribution >= 0.6 is 0 Å². The number of nitriles is 1. The SMILES string of the molecule is CC1(C)C(=O)NC2=CC=C(Nc3ncnc(-c4ccc(OC5CCOCC5)c(C#N)c4)n3)CC21. The van der Waals surface area contributed by atoms with Crippen LogP contribution in [-0.4, -0.2) is 40.2 Å². The molecule has 34 heavy (non-hydrogen) atoms. The minimum absolute atomic E-state index is 0.0402. The van der Waals surface area contributed by atoms with Crippen molar-refractivity contribution in [3.63, 3.8) is 0 Å². The van der Waals surface area contributed by atoms with Gasteiger partial charge in [-0.2, -0.15) is 10.2 Å². The zero-order valence-corrected chi connectivity index (χ0v) is 19.2. The first-order valence-corrected chi connectivity index (χ1v) is 11.4. The Labute approximate surface area is 197 Å². The summed E-state index contributed by atoms with van der Waals surface area (Å²) in [6.45, 7) is 5.26. The Balaban J connectivity index is 1.32. The standard InChI is InChI=1S/C25H26N6O3/c1-25(2)19-12-17(4-5-20(19)30-23(25)32)29-24-28-14-27-22(31-24)15-3-6-21(16(11-15)13-26)34-18-7-9-33-10-8-18/h3-6,11,14,18-19H,7-10,12H2,1-2H3,(H,30,32)(H,27,28,29,31). The number of amides is 1. The van der Waals surface area contributed by atoms with Crippen molar-refractivity contribution in [2.24, 2.45) is 11.3 Å². The van der Waals surface area contributed by atoms with Gasteiger partial charge in [0.25, 0.3) is 0 Å². The normalized spacial score (nSPS) is 21.6. The monoisotopic (exact) mass is 458 g/mol. The molecule has 2 aliphatic heterocycles. The maximum absolute atomic E-state index is 12.3. The smallest absolute Gasteiger partial charge is 0.230 e. The van der Waals surface area contributed by atoms with Gasteiger partial charge in [0.2, 0.25) is 11.9 Å². The number of aromatic nitrogens is 3. The van der Waals surface area contributed by atoms with Gasteiger partial charge in [-0.05, 0) is 36.8 Å². The van der Waals surface area contributed by atoms with Gasteiger partial charge in [0, 0.05) is 35.7 Å². The molecule has 3 heterocycles. The second kappa shape index (κ2) is 8.88. The Kier molecular flexibility index (Phi) is 5.75. The number of hydrogen-bond donors (Lipinski definition) is 2. The maximum Gasteiger partial charge on any atom is 0.230 e. The van der Waals surface area contributed by atoms with E-state index in [1.807, 2.05) is 32.1 Å². The molecule has 0 saturated carbocycles. The Hall–Kier alpha value is -3.77. The third kappa shape index (κ3) is 4.24. The van der Waals surface area contributed by atoms with Gasteiger partial charge in [0.15, 0.2) is 5.82 Å². The van der Waals surface area contributed by atoms with E-state index >= 15 is 0 Å². The Bertz CT molecular complexity index is 1220. The van der Waals surface area contributed by atoms with Crippen LogP contribution in [0.4, 0.5) is 5.95 Å². The molecule has 2 saturated heterocycles. The molecule has 9 heteroatoms. The molecule has 9 nitrogen and oxygen atoms in total. The lowest BCUT2D eigenvalue weighted by Crippen LogP contribution is -2.29. The number of anilines is 1. The number of allylic oxidation sites excluding steroid dienone is 4. The summed E-state index contributed by atoms with van der Waals surface area (Å²) in [4.78, 5) is 25.4. The lowest BCUT2D eigenvalue weighted by atomic mass is 9.76. The van der Waals surface area contributed by atoms with Gasteiger partial charge in [0.05, 0.1) is 24.2 Å². The molecular weight excluding hydrogens is 432 g/mol. The summed E-state index contributed by atoms with van der Waals surface area (Å²) >= 11 is 0. The van der Waals surface area contributed by atoms with Gasteiger partial charge >= 0.3 is 0 Å². The molecule has 174 valence electrons. The minimum Gasteiger partial charge on any atom is -0.489 e. The predicted octanol–water partition coefficient (Wildman–Crippen LogP) is 3.32. The second-order valence-electron chi connectivity index (χ2n) is 9.26. The van der Waals surface area contributed by atoms with Gasteiger partial charge in [-0.3, -0.25) is 4.79 Å². The van der Waals surface area contributed by atoms with E-state index in [9.17, 15) is 10.1 Å². The van der Waals surface area contributed by atoms with E-state index in [1.54, 1.807) is 12.1 Å². The molecule has 1 aliphatic carbocycles. The zero-order valence-electron chi connectivity index (χ0n) is 19.2. The van der Waals surface area contributed by atoms with Crippen LogP contribution < -0.4 is 15.4 Å². The van der Waals surface area contributed by atoms with Crippen LogP contribution in [0.25, 0.3) is 11.4 Å². The first kappa shape index (κ1) is 22.0. The van der Waals surface area contributed by atoms with E-state index in [0.717, 1.165) is 24.2 Å². The summed E-state index contributed by atoms with van der Waals surface area (Å²) < 4.78 is 11.4. The predicted molar refractivity (Wildman–Crippen MR) is 124 cm³/mol. The number of nitrogens with one attached hydrogen (secondary N) is 2.